The van der Waals surface area contributed by atoms with Crippen molar-refractivity contribution in [3.63, 3.8) is 0 Å². The standard InChI is InChI=1S/C10H12N4O2S/c1-10(2,3)16-9(15)7-6(12-14-13-7)8-11-4-5-17-8/h4-5H,1-3H3,(H,12,13,14). The van der Waals surface area contributed by atoms with Crippen LogP contribution in [0.2, 0.25) is 0 Å². The smallest absolute Gasteiger partial charge is 0.361 e. The predicted molar refractivity (Wildman–Crippen MR) is 62.7 cm³/mol. The number of esters is 1. The molecule has 6 nitrogen and oxygen atoms in total. The van der Waals surface area contributed by atoms with Gasteiger partial charge in [0.25, 0.3) is 0 Å². The van der Waals surface area contributed by atoms with Gasteiger partial charge in [-0.2, -0.15) is 10.3 Å². The number of H-pyrrole nitrogens is 1. The number of aromatic nitrogens is 4. The lowest BCUT2D eigenvalue weighted by atomic mass is 10.2. The van der Waals surface area contributed by atoms with E-state index in [2.05, 4.69) is 20.4 Å². The molecule has 0 saturated heterocycles. The van der Waals surface area contributed by atoms with E-state index in [1.165, 1.54) is 11.3 Å². The largest absolute Gasteiger partial charge is 0.455 e. The predicted octanol–water partition coefficient (Wildman–Crippen LogP) is 1.88. The highest BCUT2D eigenvalue weighted by molar-refractivity contribution is 7.13. The maximum absolute atomic E-state index is 11.9. The Morgan fingerprint density at radius 3 is 2.76 bits per heavy atom. The Morgan fingerprint density at radius 1 is 1.41 bits per heavy atom. The molecule has 90 valence electrons. The molecule has 0 atom stereocenters. The minimum Gasteiger partial charge on any atom is -0.455 e. The number of ether oxygens (including phenoxy) is 1. The number of carbonyl (C=O) groups excluding carboxylic acids is 1. The minimum absolute atomic E-state index is 0.162. The summed E-state index contributed by atoms with van der Waals surface area (Å²) in [6, 6.07) is 0. The number of hydrogen-bond acceptors (Lipinski definition) is 6. The zero-order valence-corrected chi connectivity index (χ0v) is 10.5. The van der Waals surface area contributed by atoms with Crippen LogP contribution in [0.15, 0.2) is 11.6 Å². The normalized spacial score (nSPS) is 11.5. The van der Waals surface area contributed by atoms with Crippen molar-refractivity contribution in [2.45, 2.75) is 26.4 Å². The lowest BCUT2D eigenvalue weighted by Crippen LogP contribution is -2.24. The first-order valence-electron chi connectivity index (χ1n) is 5.01. The fourth-order valence-corrected chi connectivity index (χ4v) is 1.82. The first-order valence-corrected chi connectivity index (χ1v) is 5.89. The SMILES string of the molecule is CC(C)(C)OC(=O)c1n[nH]nc1-c1nccs1. The van der Waals surface area contributed by atoms with Crippen LogP contribution in [-0.2, 0) is 4.74 Å². The lowest BCUT2D eigenvalue weighted by Gasteiger charge is -2.18. The monoisotopic (exact) mass is 252 g/mol. The van der Waals surface area contributed by atoms with Gasteiger partial charge >= 0.3 is 5.97 Å². The zero-order chi connectivity index (χ0) is 12.5. The summed E-state index contributed by atoms with van der Waals surface area (Å²) in [6.07, 6.45) is 1.65. The highest BCUT2D eigenvalue weighted by atomic mass is 32.1. The third kappa shape index (κ3) is 2.68. The molecule has 2 aromatic heterocycles. The Bertz CT molecular complexity index is 513. The summed E-state index contributed by atoms with van der Waals surface area (Å²) >= 11 is 1.39. The summed E-state index contributed by atoms with van der Waals surface area (Å²) in [7, 11) is 0. The molecule has 0 radical (unpaired) electrons. The van der Waals surface area contributed by atoms with Crippen LogP contribution in [0.25, 0.3) is 10.7 Å². The zero-order valence-electron chi connectivity index (χ0n) is 9.72. The molecule has 0 aliphatic carbocycles. The fourth-order valence-electron chi connectivity index (χ4n) is 1.19. The molecule has 1 N–H and O–H groups in total. The van der Waals surface area contributed by atoms with Crippen molar-refractivity contribution in [2.24, 2.45) is 0 Å². The average molecular weight is 252 g/mol. The summed E-state index contributed by atoms with van der Waals surface area (Å²) in [4.78, 5) is 16.0. The van der Waals surface area contributed by atoms with Gasteiger partial charge in [-0.05, 0) is 20.8 Å². The third-order valence-corrected chi connectivity index (χ3v) is 2.55. The summed E-state index contributed by atoms with van der Waals surface area (Å²) in [6.45, 7) is 5.40. The first-order chi connectivity index (χ1) is 7.97. The van der Waals surface area contributed by atoms with Crippen molar-refractivity contribution in [2.75, 3.05) is 0 Å². The van der Waals surface area contributed by atoms with Gasteiger partial charge in [-0.3, -0.25) is 0 Å². The number of hydrogen-bond donors (Lipinski definition) is 1. The van der Waals surface area contributed by atoms with E-state index in [9.17, 15) is 4.79 Å². The molecule has 0 unspecified atom stereocenters. The van der Waals surface area contributed by atoms with Crippen molar-refractivity contribution in [1.29, 1.82) is 0 Å². The molecule has 2 aromatic rings. The first kappa shape index (κ1) is 11.7. The molecule has 0 saturated carbocycles. The molecule has 0 bridgehead atoms. The second-order valence-corrected chi connectivity index (χ2v) is 5.25. The molecule has 2 rings (SSSR count). The van der Waals surface area contributed by atoms with Gasteiger partial charge in [-0.15, -0.1) is 16.4 Å². The van der Waals surface area contributed by atoms with Crippen LogP contribution in [0.3, 0.4) is 0 Å². The third-order valence-electron chi connectivity index (χ3n) is 1.78. The summed E-state index contributed by atoms with van der Waals surface area (Å²) in [5.41, 5.74) is 0.0278. The Balaban J connectivity index is 2.29. The van der Waals surface area contributed by atoms with Crippen LogP contribution < -0.4 is 0 Å². The molecule has 0 aromatic carbocycles. The van der Waals surface area contributed by atoms with Gasteiger partial charge in [-0.1, -0.05) is 0 Å². The van der Waals surface area contributed by atoms with Crippen molar-refractivity contribution in [3.05, 3.63) is 17.3 Å². The van der Waals surface area contributed by atoms with Crippen LogP contribution in [0.4, 0.5) is 0 Å². The second-order valence-electron chi connectivity index (χ2n) is 4.36. The van der Waals surface area contributed by atoms with E-state index in [0.717, 1.165) is 0 Å². The molecule has 0 amide bonds. The number of nitrogens with one attached hydrogen (secondary N) is 1. The van der Waals surface area contributed by atoms with E-state index >= 15 is 0 Å². The number of thiazole rings is 1. The summed E-state index contributed by atoms with van der Waals surface area (Å²) in [5, 5.41) is 12.6. The maximum Gasteiger partial charge on any atom is 0.361 e. The molecular formula is C10H12N4O2S. The molecule has 0 aliphatic rings. The van der Waals surface area contributed by atoms with E-state index in [-0.39, 0.29) is 5.69 Å². The lowest BCUT2D eigenvalue weighted by molar-refractivity contribution is 0.00637. The molecule has 0 spiro atoms. The van der Waals surface area contributed by atoms with Gasteiger partial charge in [0.15, 0.2) is 5.69 Å². The fraction of sp³-hybridized carbons (Fsp3) is 0.400. The number of aromatic amines is 1. The summed E-state index contributed by atoms with van der Waals surface area (Å²) in [5.74, 6) is -0.503. The Labute approximate surface area is 102 Å². The number of rotatable bonds is 2. The second kappa shape index (κ2) is 4.25. The van der Waals surface area contributed by atoms with Crippen LogP contribution >= 0.6 is 11.3 Å². The molecule has 7 heteroatoms. The maximum atomic E-state index is 11.9. The molecule has 0 fully saturated rings. The van der Waals surface area contributed by atoms with Gasteiger partial charge in [0.05, 0.1) is 0 Å². The highest BCUT2D eigenvalue weighted by Crippen LogP contribution is 2.23. The minimum atomic E-state index is -0.559. The van der Waals surface area contributed by atoms with E-state index < -0.39 is 11.6 Å². The Morgan fingerprint density at radius 2 is 2.18 bits per heavy atom. The van der Waals surface area contributed by atoms with Gasteiger partial charge in [0.1, 0.15) is 10.6 Å². The van der Waals surface area contributed by atoms with Crippen molar-refractivity contribution >= 4 is 17.3 Å². The van der Waals surface area contributed by atoms with Gasteiger partial charge in [-0.25, -0.2) is 9.78 Å². The van der Waals surface area contributed by atoms with Crippen molar-refractivity contribution < 1.29 is 9.53 Å². The van der Waals surface area contributed by atoms with E-state index in [1.54, 1.807) is 27.0 Å². The average Bonchev–Trinajstić information content (AvgIpc) is 2.85. The molecule has 17 heavy (non-hydrogen) atoms. The van der Waals surface area contributed by atoms with Crippen LogP contribution in [0, 0.1) is 0 Å². The van der Waals surface area contributed by atoms with Crippen molar-refractivity contribution in [3.8, 4) is 10.7 Å². The molecule has 2 heterocycles. The van der Waals surface area contributed by atoms with Gasteiger partial charge in [0.2, 0.25) is 5.69 Å². The molecular weight excluding hydrogens is 240 g/mol. The Hall–Kier alpha value is -1.76. The quantitative estimate of drug-likeness (QED) is 0.825. The van der Waals surface area contributed by atoms with Crippen LogP contribution in [0.1, 0.15) is 31.3 Å². The molecule has 0 aliphatic heterocycles. The van der Waals surface area contributed by atoms with E-state index in [0.29, 0.717) is 10.7 Å². The van der Waals surface area contributed by atoms with Gasteiger partial charge in [0, 0.05) is 11.6 Å². The topological polar surface area (TPSA) is 80.8 Å². The van der Waals surface area contributed by atoms with Crippen LogP contribution in [-0.4, -0.2) is 32.0 Å². The van der Waals surface area contributed by atoms with E-state index in [1.807, 2.05) is 5.38 Å². The number of nitrogens with zero attached hydrogens (tertiary/aromatic N) is 3. The van der Waals surface area contributed by atoms with Gasteiger partial charge < -0.3 is 4.74 Å². The van der Waals surface area contributed by atoms with Crippen LogP contribution in [0.5, 0.6) is 0 Å². The van der Waals surface area contributed by atoms with Crippen molar-refractivity contribution in [1.82, 2.24) is 20.4 Å². The summed E-state index contributed by atoms with van der Waals surface area (Å²) < 4.78 is 5.24. The highest BCUT2D eigenvalue weighted by Gasteiger charge is 2.25. The van der Waals surface area contributed by atoms with E-state index in [4.69, 9.17) is 4.74 Å². The number of carbonyl (C=O) groups is 1. The Kier molecular flexibility index (Phi) is 2.93.